The lowest BCUT2D eigenvalue weighted by Crippen LogP contribution is -2.60. The van der Waals surface area contributed by atoms with Crippen molar-refractivity contribution in [1.82, 2.24) is 10.3 Å². The van der Waals surface area contributed by atoms with Gasteiger partial charge in [-0.25, -0.2) is 9.59 Å². The number of ether oxygens (including phenoxy) is 3. The van der Waals surface area contributed by atoms with Crippen LogP contribution in [0, 0.1) is 0 Å². The van der Waals surface area contributed by atoms with E-state index in [4.69, 9.17) is 14.2 Å². The number of fused-ring (bicyclic) bond motifs is 1. The van der Waals surface area contributed by atoms with Crippen molar-refractivity contribution in [3.8, 4) is 0 Å². The quantitative estimate of drug-likeness (QED) is 0.448. The summed E-state index contributed by atoms with van der Waals surface area (Å²) in [5.74, 6) is -1.20. The van der Waals surface area contributed by atoms with Crippen LogP contribution in [0.2, 0.25) is 0 Å². The van der Waals surface area contributed by atoms with Crippen LogP contribution in [0.4, 0.5) is 4.79 Å². The van der Waals surface area contributed by atoms with Gasteiger partial charge in [0, 0.05) is 47.2 Å². The molecule has 34 heavy (non-hydrogen) atoms. The Morgan fingerprint density at radius 3 is 2.68 bits per heavy atom. The number of hydrogen-bond acceptors (Lipinski definition) is 8. The molecule has 3 heterocycles. The molecule has 7 nitrogen and oxygen atoms in total. The number of aryl methyl sites for hydroxylation is 1. The van der Waals surface area contributed by atoms with E-state index in [1.807, 2.05) is 12.3 Å². The Hall–Kier alpha value is -1.84. The molecule has 1 fully saturated rings. The van der Waals surface area contributed by atoms with Gasteiger partial charge in [-0.15, -0.1) is 11.3 Å². The molecule has 0 unspecified atom stereocenters. The van der Waals surface area contributed by atoms with Gasteiger partial charge in [0.1, 0.15) is 5.60 Å². The Balaban J connectivity index is 2.01. The third kappa shape index (κ3) is 6.23. The van der Waals surface area contributed by atoms with E-state index in [0.29, 0.717) is 5.75 Å². The van der Waals surface area contributed by atoms with Crippen LogP contribution in [-0.4, -0.2) is 52.1 Å². The second kappa shape index (κ2) is 10.4. The number of unbranched alkanes of at least 4 members (excludes halogenated alkanes) is 1. The van der Waals surface area contributed by atoms with Gasteiger partial charge in [0.15, 0.2) is 5.60 Å². The summed E-state index contributed by atoms with van der Waals surface area (Å²) in [6.45, 7) is 11.0. The number of carbonyl (C=O) groups is 2. The zero-order valence-corrected chi connectivity index (χ0v) is 22.8. The number of aromatic nitrogens is 1. The summed E-state index contributed by atoms with van der Waals surface area (Å²) in [7, 11) is 0. The maximum atomic E-state index is 13.4. The molecule has 1 aliphatic heterocycles. The molecule has 1 saturated heterocycles. The number of rotatable bonds is 9. The van der Waals surface area contributed by atoms with Gasteiger partial charge in [-0.1, -0.05) is 13.3 Å². The first kappa shape index (κ1) is 26.8. The van der Waals surface area contributed by atoms with E-state index in [1.54, 1.807) is 52.2 Å². The topological polar surface area (TPSA) is 86.8 Å². The number of pyridine rings is 1. The van der Waals surface area contributed by atoms with Crippen LogP contribution < -0.4 is 5.32 Å². The summed E-state index contributed by atoms with van der Waals surface area (Å²) in [5, 5.41) is 3.91. The van der Waals surface area contributed by atoms with Crippen molar-refractivity contribution >= 4 is 45.2 Å². The van der Waals surface area contributed by atoms with Crippen molar-refractivity contribution in [2.24, 2.45) is 0 Å². The van der Waals surface area contributed by atoms with Gasteiger partial charge in [0.05, 0.1) is 11.7 Å². The lowest BCUT2D eigenvalue weighted by atomic mass is 9.88. The third-order valence-electron chi connectivity index (χ3n) is 5.48. The summed E-state index contributed by atoms with van der Waals surface area (Å²) in [6.07, 6.45) is 6.53. The highest BCUT2D eigenvalue weighted by atomic mass is 32.2. The highest BCUT2D eigenvalue weighted by molar-refractivity contribution is 7.98. The first-order valence-corrected chi connectivity index (χ1v) is 13.9. The van der Waals surface area contributed by atoms with Gasteiger partial charge in [0.25, 0.3) is 0 Å². The molecule has 0 bridgehead atoms. The summed E-state index contributed by atoms with van der Waals surface area (Å²) in [6, 6.07) is 3.49. The predicted octanol–water partition coefficient (Wildman–Crippen LogP) is 5.49. The minimum Gasteiger partial charge on any atom is -0.444 e. The second-order valence-corrected chi connectivity index (χ2v) is 12.2. The lowest BCUT2D eigenvalue weighted by Gasteiger charge is -2.34. The molecule has 1 N–H and O–H groups in total. The number of nitrogens with zero attached hydrogens (tertiary/aromatic N) is 1. The number of cyclic esters (lactones) is 1. The zero-order valence-electron chi connectivity index (χ0n) is 21.1. The van der Waals surface area contributed by atoms with Gasteiger partial charge in [-0.05, 0) is 52.0 Å². The molecule has 0 spiro atoms. The van der Waals surface area contributed by atoms with Crippen molar-refractivity contribution in [1.29, 1.82) is 0 Å². The first-order chi connectivity index (χ1) is 15.9. The van der Waals surface area contributed by atoms with E-state index in [1.165, 1.54) is 16.6 Å². The molecule has 0 aliphatic carbocycles. The molecule has 0 radical (unpaired) electrons. The van der Waals surface area contributed by atoms with E-state index >= 15 is 0 Å². The Morgan fingerprint density at radius 2 is 2.09 bits per heavy atom. The SMILES string of the molecule is CCCCc1cc2c(C[C@]3([C@H](CSC)NC(=O)OC(C)(C)C)OC(C)(C)OC3=O)nccc2s1. The molecule has 0 aromatic carbocycles. The summed E-state index contributed by atoms with van der Waals surface area (Å²) in [4.78, 5) is 32.1. The molecular formula is C25H36N2O5S2. The third-order valence-corrected chi connectivity index (χ3v) is 7.31. The Labute approximate surface area is 210 Å². The number of thiophene rings is 1. The van der Waals surface area contributed by atoms with Gasteiger partial charge in [-0.2, -0.15) is 11.8 Å². The molecule has 9 heteroatoms. The van der Waals surface area contributed by atoms with E-state index in [9.17, 15) is 9.59 Å². The fourth-order valence-electron chi connectivity index (χ4n) is 4.10. The van der Waals surface area contributed by atoms with Crippen LogP contribution in [0.3, 0.4) is 0 Å². The van der Waals surface area contributed by atoms with Crippen LogP contribution in [-0.2, 0) is 31.8 Å². The van der Waals surface area contributed by atoms with Crippen LogP contribution >= 0.6 is 23.1 Å². The normalized spacial score (nSPS) is 20.9. The smallest absolute Gasteiger partial charge is 0.408 e. The van der Waals surface area contributed by atoms with E-state index < -0.39 is 35.1 Å². The maximum Gasteiger partial charge on any atom is 0.408 e. The Kier molecular flexibility index (Phi) is 8.20. The fourth-order valence-corrected chi connectivity index (χ4v) is 5.91. The molecule has 3 rings (SSSR count). The van der Waals surface area contributed by atoms with Crippen LogP contribution in [0.25, 0.3) is 10.1 Å². The molecular weight excluding hydrogens is 472 g/mol. The molecule has 1 aliphatic rings. The lowest BCUT2D eigenvalue weighted by molar-refractivity contribution is -0.169. The van der Waals surface area contributed by atoms with Crippen molar-refractivity contribution in [2.45, 2.75) is 90.3 Å². The molecule has 188 valence electrons. The van der Waals surface area contributed by atoms with Crippen LogP contribution in [0.5, 0.6) is 0 Å². The van der Waals surface area contributed by atoms with Crippen molar-refractivity contribution in [3.05, 3.63) is 28.9 Å². The van der Waals surface area contributed by atoms with Crippen LogP contribution in [0.15, 0.2) is 18.3 Å². The minimum absolute atomic E-state index is 0.178. The largest absolute Gasteiger partial charge is 0.444 e. The predicted molar refractivity (Wildman–Crippen MR) is 137 cm³/mol. The highest BCUT2D eigenvalue weighted by Gasteiger charge is 2.59. The minimum atomic E-state index is -1.43. The molecule has 2 atom stereocenters. The van der Waals surface area contributed by atoms with E-state index in [2.05, 4.69) is 23.3 Å². The summed E-state index contributed by atoms with van der Waals surface area (Å²) in [5.41, 5.74) is -1.35. The Morgan fingerprint density at radius 1 is 1.35 bits per heavy atom. The molecule has 1 amide bonds. The van der Waals surface area contributed by atoms with Crippen LogP contribution in [0.1, 0.15) is 65.0 Å². The van der Waals surface area contributed by atoms with E-state index in [0.717, 1.165) is 35.0 Å². The van der Waals surface area contributed by atoms with Crippen molar-refractivity contribution < 1.29 is 23.8 Å². The van der Waals surface area contributed by atoms with Gasteiger partial charge in [-0.3, -0.25) is 4.98 Å². The standard InChI is InChI=1S/C25H36N2O5S2/c1-8-9-10-16-13-17-18(26-12-11-19(17)34-16)14-25(21(28)30-24(5,6)32-25)20(15-33-7)27-22(29)31-23(2,3)4/h11-13,20H,8-10,14-15H2,1-7H3,(H,27,29)/t20-,25+/m0/s1. The molecule has 0 saturated carbocycles. The molecule has 2 aromatic heterocycles. The number of alkyl carbamates (subject to hydrolysis) is 1. The number of thioether (sulfide) groups is 1. The van der Waals surface area contributed by atoms with Gasteiger partial charge >= 0.3 is 12.1 Å². The van der Waals surface area contributed by atoms with Crippen molar-refractivity contribution in [3.63, 3.8) is 0 Å². The monoisotopic (exact) mass is 508 g/mol. The average Bonchev–Trinajstić information content (AvgIpc) is 3.23. The first-order valence-electron chi connectivity index (χ1n) is 11.7. The number of nitrogens with one attached hydrogen (secondary N) is 1. The molecule has 2 aromatic rings. The van der Waals surface area contributed by atoms with Gasteiger partial charge in [0.2, 0.25) is 5.79 Å². The average molecular weight is 509 g/mol. The summed E-state index contributed by atoms with van der Waals surface area (Å²) >= 11 is 3.26. The maximum absolute atomic E-state index is 13.4. The number of carbonyl (C=O) groups excluding carboxylic acids is 2. The van der Waals surface area contributed by atoms with Gasteiger partial charge < -0.3 is 19.5 Å². The van der Waals surface area contributed by atoms with Crippen molar-refractivity contribution in [2.75, 3.05) is 12.0 Å². The summed E-state index contributed by atoms with van der Waals surface area (Å²) < 4.78 is 18.6. The second-order valence-electron chi connectivity index (χ2n) is 10.1. The number of hydrogen-bond donors (Lipinski definition) is 1. The van der Waals surface area contributed by atoms with E-state index in [-0.39, 0.29) is 6.42 Å². The number of amides is 1. The zero-order chi connectivity index (χ0) is 25.1. The number of esters is 1. The Bertz CT molecular complexity index is 1030. The fraction of sp³-hybridized carbons (Fsp3) is 0.640. The highest BCUT2D eigenvalue weighted by Crippen LogP contribution is 2.40.